The third kappa shape index (κ3) is 1.63. The van der Waals surface area contributed by atoms with Crippen molar-refractivity contribution in [1.29, 1.82) is 0 Å². The topological polar surface area (TPSA) is 29.5 Å². The van der Waals surface area contributed by atoms with Crippen molar-refractivity contribution in [1.82, 2.24) is 0 Å². The van der Waals surface area contributed by atoms with E-state index >= 15 is 0 Å². The van der Waals surface area contributed by atoms with Gasteiger partial charge in [-0.1, -0.05) is 0 Å². The van der Waals surface area contributed by atoms with Crippen molar-refractivity contribution >= 4 is 0 Å². The number of methoxy groups -OCH3 is 1. The summed E-state index contributed by atoms with van der Waals surface area (Å²) in [5.41, 5.74) is -0.267. The quantitative estimate of drug-likeness (QED) is 0.642. The minimum atomic E-state index is -0.382. The van der Waals surface area contributed by atoms with Crippen LogP contribution in [0, 0.1) is 12.3 Å². The highest BCUT2D eigenvalue weighted by atomic mass is 16.5. The first kappa shape index (κ1) is 9.57. The van der Waals surface area contributed by atoms with Gasteiger partial charge in [-0.15, -0.1) is 12.3 Å². The summed E-state index contributed by atoms with van der Waals surface area (Å²) in [6.45, 7) is 0. The fourth-order valence-corrected chi connectivity index (χ4v) is 1.68. The van der Waals surface area contributed by atoms with E-state index in [2.05, 4.69) is 5.92 Å². The molecule has 1 aliphatic carbocycles. The van der Waals surface area contributed by atoms with Gasteiger partial charge in [0.25, 0.3) is 0 Å². The molecule has 0 radical (unpaired) electrons. The predicted molar refractivity (Wildman–Crippen MR) is 47.7 cm³/mol. The molecule has 1 saturated carbocycles. The van der Waals surface area contributed by atoms with Gasteiger partial charge in [-0.2, -0.15) is 0 Å². The Hall–Kier alpha value is -0.520. The lowest BCUT2D eigenvalue weighted by Gasteiger charge is -2.44. The molecule has 1 rings (SSSR count). The first-order chi connectivity index (χ1) is 5.75. The molecule has 0 spiro atoms. The molecular formula is C10H16O2. The highest BCUT2D eigenvalue weighted by Crippen LogP contribution is 2.39. The lowest BCUT2D eigenvalue weighted by molar-refractivity contribution is -0.150. The smallest absolute Gasteiger partial charge is 0.0936 e. The number of aliphatic hydroxyl groups excluding tert-OH is 1. The Morgan fingerprint density at radius 3 is 2.67 bits per heavy atom. The van der Waals surface area contributed by atoms with Gasteiger partial charge in [-0.05, 0) is 25.7 Å². The maximum atomic E-state index is 9.73. The standard InChI is InChI=1S/C10H16O2/c1-3-4-6-9(11)10(12-2)7-5-8-10/h1,9,11H,4-8H2,2H3. The Morgan fingerprint density at radius 2 is 2.33 bits per heavy atom. The molecule has 1 unspecified atom stereocenters. The monoisotopic (exact) mass is 168 g/mol. The maximum absolute atomic E-state index is 9.73. The number of terminal acetylenes is 1. The molecule has 0 heterocycles. The third-order valence-corrected chi connectivity index (χ3v) is 2.78. The van der Waals surface area contributed by atoms with Gasteiger partial charge in [0.1, 0.15) is 0 Å². The van der Waals surface area contributed by atoms with Gasteiger partial charge < -0.3 is 9.84 Å². The molecule has 2 heteroatoms. The van der Waals surface area contributed by atoms with Crippen molar-refractivity contribution in [3.63, 3.8) is 0 Å². The Bertz CT molecular complexity index is 171. The normalized spacial score (nSPS) is 22.4. The van der Waals surface area contributed by atoms with Crippen molar-refractivity contribution in [2.75, 3.05) is 7.11 Å². The largest absolute Gasteiger partial charge is 0.390 e. The Kier molecular flexibility index (Phi) is 3.13. The average Bonchev–Trinajstić information content (AvgIpc) is 2.00. The molecule has 1 N–H and O–H groups in total. The van der Waals surface area contributed by atoms with E-state index in [4.69, 9.17) is 11.2 Å². The first-order valence-electron chi connectivity index (χ1n) is 4.42. The van der Waals surface area contributed by atoms with Crippen LogP contribution < -0.4 is 0 Å². The van der Waals surface area contributed by atoms with Crippen LogP contribution in [0.2, 0.25) is 0 Å². The van der Waals surface area contributed by atoms with Gasteiger partial charge in [-0.25, -0.2) is 0 Å². The van der Waals surface area contributed by atoms with Crippen molar-refractivity contribution in [2.45, 2.75) is 43.8 Å². The van der Waals surface area contributed by atoms with Crippen molar-refractivity contribution < 1.29 is 9.84 Å². The zero-order valence-corrected chi connectivity index (χ0v) is 7.55. The molecule has 0 amide bonds. The minimum absolute atomic E-state index is 0.267. The number of rotatable bonds is 4. The number of ether oxygens (including phenoxy) is 1. The van der Waals surface area contributed by atoms with Gasteiger partial charge >= 0.3 is 0 Å². The molecule has 1 atom stereocenters. The second kappa shape index (κ2) is 3.93. The van der Waals surface area contributed by atoms with Crippen LogP contribution in [0.25, 0.3) is 0 Å². The number of hydrogen-bond acceptors (Lipinski definition) is 2. The summed E-state index contributed by atoms with van der Waals surface area (Å²) in [6.07, 6.45) is 9.11. The zero-order chi connectivity index (χ0) is 9.03. The zero-order valence-electron chi connectivity index (χ0n) is 7.55. The maximum Gasteiger partial charge on any atom is 0.0936 e. The van der Waals surface area contributed by atoms with E-state index in [0.29, 0.717) is 12.8 Å². The molecule has 12 heavy (non-hydrogen) atoms. The lowest BCUT2D eigenvalue weighted by atomic mass is 9.74. The summed E-state index contributed by atoms with van der Waals surface area (Å²) in [5.74, 6) is 2.53. The second-order valence-electron chi connectivity index (χ2n) is 3.38. The highest BCUT2D eigenvalue weighted by Gasteiger charge is 2.43. The molecule has 0 aliphatic heterocycles. The molecule has 68 valence electrons. The van der Waals surface area contributed by atoms with Crippen molar-refractivity contribution in [3.05, 3.63) is 0 Å². The van der Waals surface area contributed by atoms with Crippen molar-refractivity contribution in [3.8, 4) is 12.3 Å². The molecule has 1 aliphatic rings. The van der Waals surface area contributed by atoms with Crippen LogP contribution in [-0.2, 0) is 4.74 Å². The van der Waals surface area contributed by atoms with Gasteiger partial charge in [0.15, 0.2) is 0 Å². The molecule has 2 nitrogen and oxygen atoms in total. The van der Waals surface area contributed by atoms with E-state index in [1.807, 2.05) is 0 Å². The molecule has 0 aromatic carbocycles. The summed E-state index contributed by atoms with van der Waals surface area (Å²) in [4.78, 5) is 0. The van der Waals surface area contributed by atoms with Crippen LogP contribution in [-0.4, -0.2) is 23.9 Å². The Morgan fingerprint density at radius 1 is 1.67 bits per heavy atom. The van der Waals surface area contributed by atoms with Crippen LogP contribution in [0.4, 0.5) is 0 Å². The molecule has 0 aromatic rings. The van der Waals surface area contributed by atoms with E-state index in [-0.39, 0.29) is 11.7 Å². The molecule has 0 bridgehead atoms. The van der Waals surface area contributed by atoms with Gasteiger partial charge in [0.2, 0.25) is 0 Å². The van der Waals surface area contributed by atoms with Crippen LogP contribution in [0.15, 0.2) is 0 Å². The average molecular weight is 168 g/mol. The number of hydrogen-bond donors (Lipinski definition) is 1. The summed E-state index contributed by atoms with van der Waals surface area (Å²) in [7, 11) is 1.66. The molecule has 1 fully saturated rings. The van der Waals surface area contributed by atoms with Crippen LogP contribution >= 0.6 is 0 Å². The highest BCUT2D eigenvalue weighted by molar-refractivity contribution is 4.97. The van der Waals surface area contributed by atoms with E-state index in [9.17, 15) is 5.11 Å². The molecule has 0 aromatic heterocycles. The summed E-state index contributed by atoms with van der Waals surface area (Å²) in [5, 5.41) is 9.73. The summed E-state index contributed by atoms with van der Waals surface area (Å²) < 4.78 is 5.31. The summed E-state index contributed by atoms with van der Waals surface area (Å²) >= 11 is 0. The minimum Gasteiger partial charge on any atom is -0.390 e. The Labute approximate surface area is 73.9 Å². The second-order valence-corrected chi connectivity index (χ2v) is 3.38. The Balaban J connectivity index is 2.38. The predicted octanol–water partition coefficient (Wildman–Crippen LogP) is 1.33. The third-order valence-electron chi connectivity index (χ3n) is 2.78. The molecular weight excluding hydrogens is 152 g/mol. The van der Waals surface area contributed by atoms with E-state index < -0.39 is 0 Å². The SMILES string of the molecule is C#CCCC(O)C1(OC)CCC1. The lowest BCUT2D eigenvalue weighted by Crippen LogP contribution is -2.49. The van der Waals surface area contributed by atoms with Crippen molar-refractivity contribution in [2.24, 2.45) is 0 Å². The van der Waals surface area contributed by atoms with Crippen LogP contribution in [0.3, 0.4) is 0 Å². The molecule has 0 saturated heterocycles. The fraction of sp³-hybridized carbons (Fsp3) is 0.800. The van der Waals surface area contributed by atoms with Gasteiger partial charge in [-0.3, -0.25) is 0 Å². The summed E-state index contributed by atoms with van der Waals surface area (Å²) in [6, 6.07) is 0. The van der Waals surface area contributed by atoms with Crippen LogP contribution in [0.5, 0.6) is 0 Å². The number of aliphatic hydroxyl groups is 1. The van der Waals surface area contributed by atoms with E-state index in [1.54, 1.807) is 7.11 Å². The van der Waals surface area contributed by atoms with E-state index in [1.165, 1.54) is 0 Å². The first-order valence-corrected chi connectivity index (χ1v) is 4.42. The van der Waals surface area contributed by atoms with Gasteiger partial charge in [0.05, 0.1) is 11.7 Å². The van der Waals surface area contributed by atoms with Gasteiger partial charge in [0, 0.05) is 13.5 Å². The van der Waals surface area contributed by atoms with E-state index in [0.717, 1.165) is 19.3 Å². The fourth-order valence-electron chi connectivity index (χ4n) is 1.68. The van der Waals surface area contributed by atoms with Crippen LogP contribution in [0.1, 0.15) is 32.1 Å².